The number of carbonyl (C=O) groups is 1. The second-order valence-electron chi connectivity index (χ2n) is 5.03. The lowest BCUT2D eigenvalue weighted by Gasteiger charge is -2.00. The fraction of sp³-hybridized carbons (Fsp3) is 0.0588. The number of fused-ring (bicyclic) bond motifs is 1. The van der Waals surface area contributed by atoms with E-state index < -0.39 is 0 Å². The number of benzene rings is 2. The number of nitrogen functional groups attached to an aromatic ring is 1. The van der Waals surface area contributed by atoms with Crippen LogP contribution in [0.2, 0.25) is 0 Å². The van der Waals surface area contributed by atoms with Gasteiger partial charge in [0, 0.05) is 23.6 Å². The van der Waals surface area contributed by atoms with Crippen LogP contribution in [0, 0.1) is 0 Å². The maximum Gasteiger partial charge on any atom is 0.289 e. The number of hydrazone groups is 1. The highest BCUT2D eigenvalue weighted by molar-refractivity contribution is 6.07. The topological polar surface area (TPSA) is 95.3 Å². The van der Waals surface area contributed by atoms with Crippen LogP contribution in [-0.2, 0) is 0 Å². The molecule has 0 atom stereocenters. The summed E-state index contributed by atoms with van der Waals surface area (Å²) < 4.78 is 0. The first-order valence-corrected chi connectivity index (χ1v) is 7.16. The molecule has 3 rings (SSSR count). The molecule has 23 heavy (non-hydrogen) atoms. The zero-order chi connectivity index (χ0) is 16.2. The molecule has 5 N–H and O–H groups in total. The van der Waals surface area contributed by atoms with Crippen molar-refractivity contribution in [3.8, 4) is 0 Å². The summed E-state index contributed by atoms with van der Waals surface area (Å²) in [7, 11) is 1.86. The number of nitrogens with one attached hydrogen (secondary N) is 3. The van der Waals surface area contributed by atoms with Gasteiger partial charge in [-0.1, -0.05) is 30.3 Å². The van der Waals surface area contributed by atoms with Gasteiger partial charge in [-0.05, 0) is 23.8 Å². The summed E-state index contributed by atoms with van der Waals surface area (Å²) in [5, 5.41) is 7.82. The first-order chi connectivity index (χ1) is 11.2. The average Bonchev–Trinajstić information content (AvgIpc) is 2.93. The van der Waals surface area contributed by atoms with Gasteiger partial charge in [-0.15, -0.1) is 0 Å². The van der Waals surface area contributed by atoms with Gasteiger partial charge in [-0.25, -0.2) is 5.43 Å². The predicted octanol–water partition coefficient (Wildman–Crippen LogP) is 2.56. The molecule has 0 bridgehead atoms. The number of aromatic amines is 1. The van der Waals surface area contributed by atoms with Crippen molar-refractivity contribution in [2.45, 2.75) is 0 Å². The normalized spacial score (nSPS) is 11.0. The van der Waals surface area contributed by atoms with Crippen molar-refractivity contribution in [1.82, 2.24) is 10.4 Å². The zero-order valence-corrected chi connectivity index (χ0v) is 12.6. The lowest BCUT2D eigenvalue weighted by molar-refractivity contribution is 0.0952. The monoisotopic (exact) mass is 307 g/mol. The van der Waals surface area contributed by atoms with Crippen LogP contribution in [0.3, 0.4) is 0 Å². The van der Waals surface area contributed by atoms with Gasteiger partial charge in [0.2, 0.25) is 0 Å². The molecule has 0 saturated heterocycles. The van der Waals surface area contributed by atoms with Crippen molar-refractivity contribution in [1.29, 1.82) is 0 Å². The fourth-order valence-corrected chi connectivity index (χ4v) is 2.30. The minimum Gasteiger partial charge on any atom is -0.396 e. The molecule has 0 aliphatic rings. The number of rotatable bonds is 4. The first-order valence-electron chi connectivity index (χ1n) is 7.16. The van der Waals surface area contributed by atoms with Crippen molar-refractivity contribution in [2.24, 2.45) is 5.10 Å². The number of hydrogen-bond acceptors (Lipinski definition) is 4. The average molecular weight is 307 g/mol. The first kappa shape index (κ1) is 14.6. The van der Waals surface area contributed by atoms with E-state index in [0.717, 1.165) is 22.2 Å². The number of para-hydroxylation sites is 1. The van der Waals surface area contributed by atoms with Gasteiger partial charge in [0.25, 0.3) is 5.91 Å². The maximum atomic E-state index is 12.2. The molecule has 0 saturated carbocycles. The molecule has 1 heterocycles. The molecule has 0 unspecified atom stereocenters. The van der Waals surface area contributed by atoms with Crippen LogP contribution < -0.4 is 16.5 Å². The summed E-state index contributed by atoms with van der Waals surface area (Å²) >= 11 is 0. The smallest absolute Gasteiger partial charge is 0.289 e. The Morgan fingerprint density at radius 2 is 1.91 bits per heavy atom. The Labute approximate surface area is 133 Å². The minimum atomic E-state index is -0.373. The molecule has 0 fully saturated rings. The van der Waals surface area contributed by atoms with E-state index in [1.807, 2.05) is 55.6 Å². The minimum absolute atomic E-state index is 0.314. The molecule has 6 nitrogen and oxygen atoms in total. The molecule has 2 aromatic carbocycles. The summed E-state index contributed by atoms with van der Waals surface area (Å²) in [4.78, 5) is 15.2. The van der Waals surface area contributed by atoms with E-state index in [9.17, 15) is 4.79 Å². The number of hydrogen-bond donors (Lipinski definition) is 4. The molecule has 0 radical (unpaired) electrons. The third kappa shape index (κ3) is 3.01. The molecule has 0 aliphatic carbocycles. The standard InChI is InChI=1S/C17H17N5O/c1-19-12-8-6-11(7-9-12)10-20-22-17(23)16-15(18)13-4-2-3-5-14(13)21-16/h2-10,19,21H,18H2,1H3,(H,22,23)/b20-10+. The lowest BCUT2D eigenvalue weighted by Crippen LogP contribution is -2.19. The number of anilines is 2. The second kappa shape index (κ2) is 6.23. The SMILES string of the molecule is CNc1ccc(/C=N/NC(=O)c2[nH]c3ccccc3c2N)cc1. The Bertz CT molecular complexity index is 864. The van der Waals surface area contributed by atoms with Gasteiger partial charge < -0.3 is 16.0 Å². The summed E-state index contributed by atoms with van der Waals surface area (Å²) in [6.45, 7) is 0. The van der Waals surface area contributed by atoms with Crippen molar-refractivity contribution in [3.63, 3.8) is 0 Å². The summed E-state index contributed by atoms with van der Waals surface area (Å²) in [5.41, 5.74) is 11.9. The van der Waals surface area contributed by atoms with Gasteiger partial charge in [-0.3, -0.25) is 4.79 Å². The Kier molecular flexibility index (Phi) is 3.97. The van der Waals surface area contributed by atoms with E-state index in [1.165, 1.54) is 0 Å². The molecule has 0 spiro atoms. The van der Waals surface area contributed by atoms with E-state index in [-0.39, 0.29) is 5.91 Å². The van der Waals surface area contributed by atoms with Crippen LogP contribution in [0.5, 0.6) is 0 Å². The second-order valence-corrected chi connectivity index (χ2v) is 5.03. The van der Waals surface area contributed by atoms with Crippen molar-refractivity contribution in [2.75, 3.05) is 18.1 Å². The Morgan fingerprint density at radius 3 is 2.61 bits per heavy atom. The number of nitrogens with two attached hydrogens (primary N) is 1. The molecule has 116 valence electrons. The van der Waals surface area contributed by atoms with E-state index in [1.54, 1.807) is 6.21 Å². The number of aromatic nitrogens is 1. The zero-order valence-electron chi connectivity index (χ0n) is 12.6. The molecular weight excluding hydrogens is 290 g/mol. The van der Waals surface area contributed by atoms with Crippen LogP contribution in [0.15, 0.2) is 53.6 Å². The molecule has 0 aliphatic heterocycles. The van der Waals surface area contributed by atoms with Crippen LogP contribution in [0.1, 0.15) is 16.1 Å². The van der Waals surface area contributed by atoms with Crippen LogP contribution in [0.4, 0.5) is 11.4 Å². The van der Waals surface area contributed by atoms with Crippen LogP contribution in [0.25, 0.3) is 10.9 Å². The van der Waals surface area contributed by atoms with E-state index >= 15 is 0 Å². The van der Waals surface area contributed by atoms with Crippen molar-refractivity contribution in [3.05, 3.63) is 59.8 Å². The number of amides is 1. The molecule has 6 heteroatoms. The predicted molar refractivity (Wildman–Crippen MR) is 93.8 cm³/mol. The highest BCUT2D eigenvalue weighted by atomic mass is 16.2. The fourth-order valence-electron chi connectivity index (χ4n) is 2.30. The molecule has 1 amide bonds. The Morgan fingerprint density at radius 1 is 1.17 bits per heavy atom. The maximum absolute atomic E-state index is 12.2. The number of nitrogens with zero attached hydrogens (tertiary/aromatic N) is 1. The number of H-pyrrole nitrogens is 1. The van der Waals surface area contributed by atoms with E-state index in [2.05, 4.69) is 20.8 Å². The Hall–Kier alpha value is -3.28. The molecular formula is C17H17N5O. The third-order valence-corrected chi connectivity index (χ3v) is 3.55. The summed E-state index contributed by atoms with van der Waals surface area (Å²) in [6.07, 6.45) is 1.58. The highest BCUT2D eigenvalue weighted by Gasteiger charge is 2.14. The van der Waals surface area contributed by atoms with Gasteiger partial charge in [0.1, 0.15) is 5.69 Å². The van der Waals surface area contributed by atoms with Gasteiger partial charge in [0.15, 0.2) is 0 Å². The van der Waals surface area contributed by atoms with Crippen LogP contribution >= 0.6 is 0 Å². The quantitative estimate of drug-likeness (QED) is 0.440. The van der Waals surface area contributed by atoms with Crippen molar-refractivity contribution < 1.29 is 4.79 Å². The van der Waals surface area contributed by atoms with Gasteiger partial charge in [-0.2, -0.15) is 5.10 Å². The highest BCUT2D eigenvalue weighted by Crippen LogP contribution is 2.24. The largest absolute Gasteiger partial charge is 0.396 e. The Balaban J connectivity index is 1.72. The van der Waals surface area contributed by atoms with Gasteiger partial charge >= 0.3 is 0 Å². The molecule has 1 aromatic heterocycles. The summed E-state index contributed by atoms with van der Waals surface area (Å²) in [5.74, 6) is -0.373. The lowest BCUT2D eigenvalue weighted by atomic mass is 10.2. The van der Waals surface area contributed by atoms with Crippen LogP contribution in [-0.4, -0.2) is 24.2 Å². The summed E-state index contributed by atoms with van der Waals surface area (Å²) in [6, 6.07) is 15.2. The third-order valence-electron chi connectivity index (χ3n) is 3.55. The van der Waals surface area contributed by atoms with E-state index in [0.29, 0.717) is 11.4 Å². The molecule has 3 aromatic rings. The van der Waals surface area contributed by atoms with E-state index in [4.69, 9.17) is 5.73 Å². The number of carbonyl (C=O) groups excluding carboxylic acids is 1. The van der Waals surface area contributed by atoms with Crippen molar-refractivity contribution >= 4 is 34.4 Å². The van der Waals surface area contributed by atoms with Gasteiger partial charge in [0.05, 0.1) is 11.9 Å².